The molecule has 1 unspecified atom stereocenters. The number of carbonyl (C=O) groups excluding carboxylic acids is 3. The number of unbranched alkanes of at least 4 members (excludes halogenated alkanes) is 38. The molecule has 0 spiro atoms. The van der Waals surface area contributed by atoms with Crippen LogP contribution in [0.4, 0.5) is 0 Å². The van der Waals surface area contributed by atoms with Gasteiger partial charge in [-0.05, 0) is 122 Å². The molecular weight excluding hydrogens is 1020 g/mol. The van der Waals surface area contributed by atoms with E-state index < -0.39 is 6.10 Å². The van der Waals surface area contributed by atoms with Crippen molar-refractivity contribution in [1.29, 1.82) is 0 Å². The fourth-order valence-corrected chi connectivity index (χ4v) is 10.2. The van der Waals surface area contributed by atoms with Crippen molar-refractivity contribution < 1.29 is 28.6 Å². The van der Waals surface area contributed by atoms with E-state index in [2.05, 4.69) is 118 Å². The summed E-state index contributed by atoms with van der Waals surface area (Å²) in [4.78, 5) is 38.5. The second-order valence-corrected chi connectivity index (χ2v) is 23.8. The van der Waals surface area contributed by atoms with Crippen molar-refractivity contribution in [2.45, 2.75) is 361 Å². The highest BCUT2D eigenvalue weighted by Gasteiger charge is 2.19. The molecule has 0 aliphatic rings. The lowest BCUT2D eigenvalue weighted by molar-refractivity contribution is -0.167. The number of carbonyl (C=O) groups is 3. The van der Waals surface area contributed by atoms with E-state index in [9.17, 15) is 14.4 Å². The molecule has 0 saturated heterocycles. The zero-order valence-electron chi connectivity index (χ0n) is 54.9. The standard InChI is InChI=1S/C77H134O6/c1-4-7-10-13-16-19-22-25-28-30-32-33-34-35-36-37-38-39-40-41-42-43-45-46-49-52-55-58-61-64-67-70-76(79)82-73-74(72-81-75(78)69-66-63-60-57-54-51-48-27-24-21-18-15-12-9-6-3)83-77(80)71-68-65-62-59-56-53-50-47-44-31-29-26-23-20-17-14-11-8-5-2/h7,10,16-17,19-20,25-29,32-33,35-36,48,74H,4-6,8-9,11-15,18,21-24,30-31,34,37-47,49-73H2,1-3H3/b10-7-,19-16-,20-17-,28-25-,29-26-,33-32-,36-35-,48-27-. The molecule has 0 rings (SSSR count). The molecule has 83 heavy (non-hydrogen) atoms. The predicted molar refractivity (Wildman–Crippen MR) is 362 cm³/mol. The van der Waals surface area contributed by atoms with Crippen molar-refractivity contribution >= 4 is 17.9 Å². The first kappa shape index (κ1) is 79.3. The summed E-state index contributed by atoms with van der Waals surface area (Å²) in [5, 5.41) is 0. The fourth-order valence-electron chi connectivity index (χ4n) is 10.2. The Morgan fingerprint density at radius 2 is 0.470 bits per heavy atom. The van der Waals surface area contributed by atoms with E-state index in [0.717, 1.165) is 103 Å². The van der Waals surface area contributed by atoms with Gasteiger partial charge in [0.1, 0.15) is 13.2 Å². The third kappa shape index (κ3) is 69.0. The topological polar surface area (TPSA) is 78.9 Å². The van der Waals surface area contributed by atoms with Gasteiger partial charge in [-0.1, -0.05) is 311 Å². The summed E-state index contributed by atoms with van der Waals surface area (Å²) in [5.74, 6) is -0.874. The molecule has 0 aromatic carbocycles. The van der Waals surface area contributed by atoms with Gasteiger partial charge in [0.15, 0.2) is 6.10 Å². The van der Waals surface area contributed by atoms with E-state index in [1.807, 2.05) is 0 Å². The smallest absolute Gasteiger partial charge is 0.306 e. The summed E-state index contributed by atoms with van der Waals surface area (Å²) in [6.07, 6.45) is 95.7. The van der Waals surface area contributed by atoms with E-state index in [4.69, 9.17) is 14.2 Å². The lowest BCUT2D eigenvalue weighted by Gasteiger charge is -2.18. The quantitative estimate of drug-likeness (QED) is 0.0261. The van der Waals surface area contributed by atoms with Crippen LogP contribution in [0.1, 0.15) is 355 Å². The molecule has 0 aliphatic carbocycles. The summed E-state index contributed by atoms with van der Waals surface area (Å²) in [7, 11) is 0. The SMILES string of the molecule is CC/C=C\C/C=C\C/C=C\C/C=C\C/C=C\CCCCCCCCCCCCCCCCCC(=O)OCC(COC(=O)CCCCCCC/C=C\CCCCCCCC)OC(=O)CCCCCCCCCCC/C=C\C/C=C\CCCCC. The molecule has 0 amide bonds. The Bertz CT molecular complexity index is 1610. The second kappa shape index (κ2) is 70.8. The minimum Gasteiger partial charge on any atom is -0.462 e. The molecule has 0 fully saturated rings. The maximum atomic E-state index is 13.0. The summed E-state index contributed by atoms with van der Waals surface area (Å²) in [6, 6.07) is 0. The molecular formula is C77H134O6. The average molecular weight is 1160 g/mol. The predicted octanol–water partition coefficient (Wildman–Crippen LogP) is 24.8. The number of ether oxygens (including phenoxy) is 3. The van der Waals surface area contributed by atoms with Crippen molar-refractivity contribution in [3.05, 3.63) is 97.2 Å². The van der Waals surface area contributed by atoms with Crippen LogP contribution in [0.5, 0.6) is 0 Å². The molecule has 6 heteroatoms. The van der Waals surface area contributed by atoms with Crippen LogP contribution in [0.15, 0.2) is 97.2 Å². The number of allylic oxidation sites excluding steroid dienone is 16. The van der Waals surface area contributed by atoms with Crippen molar-refractivity contribution in [1.82, 2.24) is 0 Å². The molecule has 0 saturated carbocycles. The molecule has 1 atom stereocenters. The van der Waals surface area contributed by atoms with Crippen LogP contribution < -0.4 is 0 Å². The van der Waals surface area contributed by atoms with Gasteiger partial charge < -0.3 is 14.2 Å². The Labute approximate surface area is 515 Å². The second-order valence-electron chi connectivity index (χ2n) is 23.8. The first-order chi connectivity index (χ1) is 41.0. The fraction of sp³-hybridized carbons (Fsp3) is 0.753. The zero-order chi connectivity index (χ0) is 59.9. The lowest BCUT2D eigenvalue weighted by Crippen LogP contribution is -2.30. The van der Waals surface area contributed by atoms with E-state index in [1.54, 1.807) is 0 Å². The van der Waals surface area contributed by atoms with E-state index >= 15 is 0 Å². The van der Waals surface area contributed by atoms with Gasteiger partial charge in [0.25, 0.3) is 0 Å². The van der Waals surface area contributed by atoms with Crippen LogP contribution in [-0.4, -0.2) is 37.2 Å². The maximum Gasteiger partial charge on any atom is 0.306 e. The summed E-state index contributed by atoms with van der Waals surface area (Å²) < 4.78 is 17.0. The zero-order valence-corrected chi connectivity index (χ0v) is 54.9. The molecule has 0 radical (unpaired) electrons. The van der Waals surface area contributed by atoms with Crippen molar-refractivity contribution in [2.24, 2.45) is 0 Å². The third-order valence-corrected chi connectivity index (χ3v) is 15.5. The lowest BCUT2D eigenvalue weighted by atomic mass is 10.0. The summed E-state index contributed by atoms with van der Waals surface area (Å²) >= 11 is 0. The highest BCUT2D eigenvalue weighted by Crippen LogP contribution is 2.17. The first-order valence-electron chi connectivity index (χ1n) is 35.7. The van der Waals surface area contributed by atoms with Gasteiger partial charge in [0, 0.05) is 19.3 Å². The average Bonchev–Trinajstić information content (AvgIpc) is 3.49. The number of esters is 3. The number of rotatable bonds is 65. The normalized spacial score (nSPS) is 12.7. The molecule has 0 heterocycles. The van der Waals surface area contributed by atoms with Gasteiger partial charge >= 0.3 is 17.9 Å². The number of hydrogen-bond acceptors (Lipinski definition) is 6. The number of hydrogen-bond donors (Lipinski definition) is 0. The van der Waals surface area contributed by atoms with Crippen LogP contribution in [0.2, 0.25) is 0 Å². The summed E-state index contributed by atoms with van der Waals surface area (Å²) in [5.41, 5.74) is 0. The highest BCUT2D eigenvalue weighted by molar-refractivity contribution is 5.71. The van der Waals surface area contributed by atoms with Crippen LogP contribution >= 0.6 is 0 Å². The Morgan fingerprint density at radius 1 is 0.253 bits per heavy atom. The van der Waals surface area contributed by atoms with Crippen molar-refractivity contribution in [2.75, 3.05) is 13.2 Å². The molecule has 0 aliphatic heterocycles. The van der Waals surface area contributed by atoms with E-state index in [-0.39, 0.29) is 31.1 Å². The van der Waals surface area contributed by atoms with E-state index in [1.165, 1.54) is 212 Å². The van der Waals surface area contributed by atoms with Gasteiger partial charge in [0.05, 0.1) is 0 Å². The first-order valence-corrected chi connectivity index (χ1v) is 35.7. The van der Waals surface area contributed by atoms with Gasteiger partial charge in [-0.25, -0.2) is 0 Å². The van der Waals surface area contributed by atoms with Crippen molar-refractivity contribution in [3.8, 4) is 0 Å². The molecule has 0 aromatic heterocycles. The maximum absolute atomic E-state index is 13.0. The third-order valence-electron chi connectivity index (χ3n) is 15.5. The molecule has 0 bridgehead atoms. The molecule has 0 N–H and O–H groups in total. The van der Waals surface area contributed by atoms with Crippen LogP contribution in [0.3, 0.4) is 0 Å². The van der Waals surface area contributed by atoms with Crippen molar-refractivity contribution in [3.63, 3.8) is 0 Å². The highest BCUT2D eigenvalue weighted by atomic mass is 16.6. The van der Waals surface area contributed by atoms with Gasteiger partial charge in [-0.3, -0.25) is 14.4 Å². The Balaban J connectivity index is 4.26. The largest absolute Gasteiger partial charge is 0.462 e. The molecule has 6 nitrogen and oxygen atoms in total. The summed E-state index contributed by atoms with van der Waals surface area (Å²) in [6.45, 7) is 6.53. The Kier molecular flexibility index (Phi) is 67.7. The van der Waals surface area contributed by atoms with Gasteiger partial charge in [-0.2, -0.15) is 0 Å². The Morgan fingerprint density at radius 3 is 0.771 bits per heavy atom. The molecule has 478 valence electrons. The monoisotopic (exact) mass is 1160 g/mol. The van der Waals surface area contributed by atoms with Gasteiger partial charge in [-0.15, -0.1) is 0 Å². The minimum absolute atomic E-state index is 0.0789. The Hall–Kier alpha value is -3.67. The van der Waals surface area contributed by atoms with E-state index in [0.29, 0.717) is 19.3 Å². The van der Waals surface area contributed by atoms with Gasteiger partial charge in [0.2, 0.25) is 0 Å². The minimum atomic E-state index is -0.784. The van der Waals surface area contributed by atoms with Crippen LogP contribution in [0.25, 0.3) is 0 Å². The molecule has 0 aromatic rings. The van der Waals surface area contributed by atoms with Crippen LogP contribution in [0, 0.1) is 0 Å². The van der Waals surface area contributed by atoms with Crippen LogP contribution in [-0.2, 0) is 28.6 Å².